The van der Waals surface area contributed by atoms with Gasteiger partial charge < -0.3 is 10.1 Å². The van der Waals surface area contributed by atoms with Crippen molar-refractivity contribution in [3.05, 3.63) is 18.0 Å². The van der Waals surface area contributed by atoms with Gasteiger partial charge in [-0.25, -0.2) is 8.42 Å². The molecule has 2 rings (SSSR count). The van der Waals surface area contributed by atoms with Crippen LogP contribution in [-0.2, 0) is 16.6 Å². The van der Waals surface area contributed by atoms with Crippen molar-refractivity contribution in [2.45, 2.75) is 31.3 Å². The van der Waals surface area contributed by atoms with Crippen LogP contribution in [0.25, 0.3) is 0 Å². The fourth-order valence-electron chi connectivity index (χ4n) is 2.17. The van der Waals surface area contributed by atoms with E-state index in [0.717, 1.165) is 12.8 Å². The first-order valence-corrected chi connectivity index (χ1v) is 7.26. The highest BCUT2D eigenvalue weighted by molar-refractivity contribution is 7.89. The van der Waals surface area contributed by atoms with Crippen LogP contribution >= 0.6 is 0 Å². The summed E-state index contributed by atoms with van der Waals surface area (Å²) in [4.78, 5) is 3.00. The second kappa shape index (κ2) is 4.80. The van der Waals surface area contributed by atoms with Crippen molar-refractivity contribution in [2.75, 3.05) is 13.1 Å². The molecule has 1 atom stereocenters. The van der Waals surface area contributed by atoms with E-state index in [4.69, 9.17) is 5.11 Å². The van der Waals surface area contributed by atoms with Crippen LogP contribution in [0.3, 0.4) is 0 Å². The molecule has 17 heavy (non-hydrogen) atoms. The van der Waals surface area contributed by atoms with Crippen molar-refractivity contribution in [1.29, 1.82) is 0 Å². The highest BCUT2D eigenvalue weighted by Gasteiger charge is 2.29. The topological polar surface area (TPSA) is 73.4 Å². The first-order chi connectivity index (χ1) is 8.04. The van der Waals surface area contributed by atoms with Gasteiger partial charge in [0.1, 0.15) is 0 Å². The van der Waals surface area contributed by atoms with Crippen LogP contribution in [0.4, 0.5) is 0 Å². The molecule has 0 amide bonds. The van der Waals surface area contributed by atoms with Gasteiger partial charge in [0.2, 0.25) is 10.0 Å². The molecule has 96 valence electrons. The molecular formula is C11H18N2O3S. The monoisotopic (exact) mass is 258 g/mol. The summed E-state index contributed by atoms with van der Waals surface area (Å²) >= 11 is 0. The Morgan fingerprint density at radius 3 is 2.94 bits per heavy atom. The molecule has 2 heterocycles. The number of piperidine rings is 1. The molecule has 1 aliphatic heterocycles. The Morgan fingerprint density at radius 2 is 2.35 bits per heavy atom. The number of hydrogen-bond donors (Lipinski definition) is 2. The van der Waals surface area contributed by atoms with E-state index in [1.165, 1.54) is 16.6 Å². The summed E-state index contributed by atoms with van der Waals surface area (Å²) < 4.78 is 26.1. The van der Waals surface area contributed by atoms with Crippen LogP contribution in [0.2, 0.25) is 0 Å². The summed E-state index contributed by atoms with van der Waals surface area (Å²) in [5, 5.41) is 8.93. The molecule has 1 fully saturated rings. The third-order valence-electron chi connectivity index (χ3n) is 3.14. The number of aromatic amines is 1. The molecular weight excluding hydrogens is 240 g/mol. The zero-order valence-electron chi connectivity index (χ0n) is 9.89. The van der Waals surface area contributed by atoms with Crippen LogP contribution in [0.5, 0.6) is 0 Å². The second-order valence-electron chi connectivity index (χ2n) is 4.63. The average Bonchev–Trinajstić information content (AvgIpc) is 2.78. The van der Waals surface area contributed by atoms with E-state index in [-0.39, 0.29) is 11.5 Å². The zero-order valence-corrected chi connectivity index (χ0v) is 10.7. The van der Waals surface area contributed by atoms with Gasteiger partial charge >= 0.3 is 0 Å². The quantitative estimate of drug-likeness (QED) is 0.847. The van der Waals surface area contributed by atoms with Gasteiger partial charge in [0.25, 0.3) is 0 Å². The minimum atomic E-state index is -3.39. The van der Waals surface area contributed by atoms with Crippen molar-refractivity contribution in [3.63, 3.8) is 0 Å². The molecule has 1 aromatic rings. The van der Waals surface area contributed by atoms with Crippen molar-refractivity contribution in [2.24, 2.45) is 5.92 Å². The fourth-order valence-corrected chi connectivity index (χ4v) is 3.79. The highest BCUT2D eigenvalue weighted by Crippen LogP contribution is 2.23. The van der Waals surface area contributed by atoms with Crippen LogP contribution in [-0.4, -0.2) is 35.9 Å². The van der Waals surface area contributed by atoms with Crippen molar-refractivity contribution in [3.8, 4) is 0 Å². The van der Waals surface area contributed by atoms with E-state index >= 15 is 0 Å². The number of H-pyrrole nitrogens is 1. The van der Waals surface area contributed by atoms with Gasteiger partial charge in [0.05, 0.1) is 11.5 Å². The van der Waals surface area contributed by atoms with E-state index in [1.54, 1.807) is 0 Å². The lowest BCUT2D eigenvalue weighted by Crippen LogP contribution is -2.38. The summed E-state index contributed by atoms with van der Waals surface area (Å²) in [7, 11) is -3.39. The largest absolute Gasteiger partial charge is 0.390 e. The number of hydrogen-bond acceptors (Lipinski definition) is 3. The second-order valence-corrected chi connectivity index (χ2v) is 6.57. The number of nitrogens with zero attached hydrogens (tertiary/aromatic N) is 1. The summed E-state index contributed by atoms with van der Waals surface area (Å²) in [6.07, 6.45) is 3.44. The summed E-state index contributed by atoms with van der Waals surface area (Å²) in [5.74, 6) is 0.412. The predicted octanol–water partition coefficient (Wildman–Crippen LogP) is 0.928. The maximum Gasteiger partial charge on any atom is 0.244 e. The van der Waals surface area contributed by atoms with Gasteiger partial charge in [-0.05, 0) is 24.8 Å². The molecule has 5 nitrogen and oxygen atoms in total. The molecule has 0 radical (unpaired) electrons. The standard InChI is InChI=1S/C11H18N2O3S/c1-9-3-2-4-13(7-9)17(15,16)11-5-10(8-14)12-6-11/h5-6,9,12,14H,2-4,7-8H2,1H3. The van der Waals surface area contributed by atoms with Crippen molar-refractivity contribution < 1.29 is 13.5 Å². The van der Waals surface area contributed by atoms with Crippen LogP contribution in [0, 0.1) is 5.92 Å². The molecule has 0 bridgehead atoms. The molecule has 1 aromatic heterocycles. The number of sulfonamides is 1. The fraction of sp³-hybridized carbons (Fsp3) is 0.636. The minimum Gasteiger partial charge on any atom is -0.390 e. The Morgan fingerprint density at radius 1 is 1.59 bits per heavy atom. The Labute approximate surface area is 102 Å². The van der Waals surface area contributed by atoms with Gasteiger partial charge in [-0.1, -0.05) is 6.92 Å². The van der Waals surface area contributed by atoms with Crippen LogP contribution in [0.1, 0.15) is 25.5 Å². The third kappa shape index (κ3) is 2.53. The summed E-state index contributed by atoms with van der Waals surface area (Å²) in [6.45, 7) is 3.07. The molecule has 6 heteroatoms. The van der Waals surface area contributed by atoms with Crippen molar-refractivity contribution >= 4 is 10.0 Å². The van der Waals surface area contributed by atoms with E-state index in [2.05, 4.69) is 11.9 Å². The lowest BCUT2D eigenvalue weighted by Gasteiger charge is -2.29. The van der Waals surface area contributed by atoms with Crippen molar-refractivity contribution in [1.82, 2.24) is 9.29 Å². The summed E-state index contributed by atoms with van der Waals surface area (Å²) in [5.41, 5.74) is 0.522. The number of aliphatic hydroxyl groups is 1. The molecule has 0 spiro atoms. The smallest absolute Gasteiger partial charge is 0.244 e. The Kier molecular flexibility index (Phi) is 3.56. The minimum absolute atomic E-state index is 0.175. The van der Waals surface area contributed by atoms with Gasteiger partial charge in [0, 0.05) is 25.0 Å². The Balaban J connectivity index is 2.23. The van der Waals surface area contributed by atoms with Gasteiger partial charge in [0.15, 0.2) is 0 Å². The molecule has 1 unspecified atom stereocenters. The first-order valence-electron chi connectivity index (χ1n) is 5.82. The molecule has 0 saturated carbocycles. The van der Waals surface area contributed by atoms with E-state index in [0.29, 0.717) is 24.7 Å². The van der Waals surface area contributed by atoms with Crippen LogP contribution in [0.15, 0.2) is 17.2 Å². The SMILES string of the molecule is CC1CCCN(S(=O)(=O)c2c[nH]c(CO)c2)C1. The third-order valence-corrected chi connectivity index (χ3v) is 4.99. The van der Waals surface area contributed by atoms with E-state index < -0.39 is 10.0 Å². The molecule has 2 N–H and O–H groups in total. The van der Waals surface area contributed by atoms with Gasteiger partial charge in [-0.2, -0.15) is 4.31 Å². The maximum absolute atomic E-state index is 12.3. The van der Waals surface area contributed by atoms with E-state index in [9.17, 15) is 8.42 Å². The first kappa shape index (κ1) is 12.6. The lowest BCUT2D eigenvalue weighted by molar-refractivity contribution is 0.277. The van der Waals surface area contributed by atoms with Gasteiger partial charge in [-0.3, -0.25) is 0 Å². The number of nitrogens with one attached hydrogen (secondary N) is 1. The average molecular weight is 258 g/mol. The normalized spacial score (nSPS) is 22.8. The lowest BCUT2D eigenvalue weighted by atomic mass is 10.0. The van der Waals surface area contributed by atoms with Crippen LogP contribution < -0.4 is 0 Å². The zero-order chi connectivity index (χ0) is 12.5. The maximum atomic E-state index is 12.3. The van der Waals surface area contributed by atoms with E-state index in [1.807, 2.05) is 0 Å². The molecule has 0 aromatic carbocycles. The number of aliphatic hydroxyl groups excluding tert-OH is 1. The molecule has 0 aliphatic carbocycles. The Hall–Kier alpha value is -0.850. The highest BCUT2D eigenvalue weighted by atomic mass is 32.2. The number of rotatable bonds is 3. The summed E-state index contributed by atoms with van der Waals surface area (Å²) in [6, 6.07) is 1.49. The Bertz CT molecular complexity index is 481. The number of aromatic nitrogens is 1. The molecule has 1 aliphatic rings. The predicted molar refractivity (Wildman–Crippen MR) is 63.9 cm³/mol. The van der Waals surface area contributed by atoms with Gasteiger partial charge in [-0.15, -0.1) is 0 Å². The molecule has 1 saturated heterocycles.